The molecular formula is C33H61N3O4. The number of nitrogens with one attached hydrogen (secondary N) is 2. The summed E-state index contributed by atoms with van der Waals surface area (Å²) in [5, 5.41) is 7.05. The first kappa shape index (κ1) is 36.3. The van der Waals surface area contributed by atoms with Gasteiger partial charge in [-0.1, -0.05) is 73.0 Å². The summed E-state index contributed by atoms with van der Waals surface area (Å²) in [7, 11) is 0. The van der Waals surface area contributed by atoms with Crippen LogP contribution in [0.1, 0.15) is 129 Å². The smallest absolute Gasteiger partial charge is 0.410 e. The van der Waals surface area contributed by atoms with Crippen molar-refractivity contribution in [3.05, 3.63) is 12.2 Å². The number of unbranched alkanes of at least 4 members (excludes halogenated alkanes) is 4. The SMILES string of the molecule is CC(C)(C)NC1(C(=O)C(C)(C)C)CN(C(=O)OC/C=C/CCCCCC[C@@](C)(NC(C)(C)C)C(=O)C(C)(C)C)C1. The molecule has 0 unspecified atom stereocenters. The van der Waals surface area contributed by atoms with Crippen LogP contribution in [0, 0.1) is 10.8 Å². The molecule has 1 fully saturated rings. The Balaban J connectivity index is 2.40. The minimum absolute atomic E-state index is 0.120. The molecule has 7 nitrogen and oxygen atoms in total. The Bertz CT molecular complexity index is 891. The van der Waals surface area contributed by atoms with Gasteiger partial charge in [0.05, 0.1) is 18.6 Å². The number of ether oxygens (including phenoxy) is 1. The molecule has 0 spiro atoms. The van der Waals surface area contributed by atoms with Gasteiger partial charge in [-0.05, 0) is 67.7 Å². The molecule has 0 bridgehead atoms. The minimum atomic E-state index is -0.731. The molecule has 0 aromatic rings. The zero-order valence-corrected chi connectivity index (χ0v) is 28.1. The van der Waals surface area contributed by atoms with E-state index in [1.807, 2.05) is 68.4 Å². The third-order valence-electron chi connectivity index (χ3n) is 7.01. The van der Waals surface area contributed by atoms with Crippen LogP contribution >= 0.6 is 0 Å². The van der Waals surface area contributed by atoms with Gasteiger partial charge in [-0.3, -0.25) is 14.9 Å². The number of ketones is 2. The number of amides is 1. The zero-order valence-electron chi connectivity index (χ0n) is 28.1. The molecule has 0 aliphatic carbocycles. The fraction of sp³-hybridized carbons (Fsp3) is 0.848. The predicted octanol–water partition coefficient (Wildman–Crippen LogP) is 6.84. The fourth-order valence-corrected chi connectivity index (χ4v) is 5.83. The Morgan fingerprint density at radius 1 is 0.750 bits per heavy atom. The molecule has 1 heterocycles. The van der Waals surface area contributed by atoms with Gasteiger partial charge in [0, 0.05) is 21.9 Å². The Labute approximate surface area is 245 Å². The standard InChI is InChI=1S/C33H61N3O4/c1-28(2,3)25(37)32(13,34-30(7,8)9)21-19-17-15-14-16-18-20-22-40-27(39)36-23-33(24-36,35-31(10,11)12)26(38)29(4,5)6/h18,20,34-35H,14-17,19,21-24H2,1-13H3/b20-18+/t32-/m1/s1. The molecule has 1 rings (SSSR count). The lowest BCUT2D eigenvalue weighted by atomic mass is 9.73. The second-order valence-corrected chi connectivity index (χ2v) is 16.2. The van der Waals surface area contributed by atoms with E-state index in [4.69, 9.17) is 4.74 Å². The van der Waals surface area contributed by atoms with Crippen molar-refractivity contribution in [3.8, 4) is 0 Å². The number of carbonyl (C=O) groups is 3. The third-order valence-corrected chi connectivity index (χ3v) is 7.01. The summed E-state index contributed by atoms with van der Waals surface area (Å²) in [6, 6.07) is 0. The van der Waals surface area contributed by atoms with Gasteiger partial charge < -0.3 is 15.0 Å². The van der Waals surface area contributed by atoms with E-state index in [1.54, 1.807) is 4.90 Å². The van der Waals surface area contributed by atoms with E-state index in [0.717, 1.165) is 38.5 Å². The first-order chi connectivity index (χ1) is 17.9. The molecule has 0 aromatic heterocycles. The van der Waals surface area contributed by atoms with Crippen LogP contribution in [0.3, 0.4) is 0 Å². The third kappa shape index (κ3) is 11.6. The molecule has 0 radical (unpaired) electrons. The molecule has 40 heavy (non-hydrogen) atoms. The van der Waals surface area contributed by atoms with E-state index in [-0.39, 0.29) is 40.8 Å². The first-order valence-electron chi connectivity index (χ1n) is 15.2. The Kier molecular flexibility index (Phi) is 12.2. The van der Waals surface area contributed by atoms with Gasteiger partial charge in [-0.25, -0.2) is 4.79 Å². The first-order valence-corrected chi connectivity index (χ1v) is 15.2. The van der Waals surface area contributed by atoms with Gasteiger partial charge in [-0.2, -0.15) is 0 Å². The molecular weight excluding hydrogens is 502 g/mol. The highest BCUT2D eigenvalue weighted by Crippen LogP contribution is 2.33. The Morgan fingerprint density at radius 3 is 1.77 bits per heavy atom. The summed E-state index contributed by atoms with van der Waals surface area (Å²) in [6.45, 7) is 27.1. The number of rotatable bonds is 13. The second kappa shape index (κ2) is 13.5. The van der Waals surface area contributed by atoms with Crippen LogP contribution in [0.4, 0.5) is 4.79 Å². The van der Waals surface area contributed by atoms with Crippen LogP contribution in [0.25, 0.3) is 0 Å². The van der Waals surface area contributed by atoms with E-state index in [0.29, 0.717) is 13.1 Å². The van der Waals surface area contributed by atoms with E-state index < -0.39 is 16.5 Å². The lowest BCUT2D eigenvalue weighted by molar-refractivity contribution is -0.141. The van der Waals surface area contributed by atoms with E-state index in [1.165, 1.54) is 0 Å². The number of likely N-dealkylation sites (tertiary alicyclic amines) is 1. The molecule has 0 saturated carbocycles. The van der Waals surface area contributed by atoms with Crippen molar-refractivity contribution in [1.29, 1.82) is 0 Å². The minimum Gasteiger partial charge on any atom is -0.445 e. The van der Waals surface area contributed by atoms with Crippen LogP contribution in [0.2, 0.25) is 0 Å². The van der Waals surface area contributed by atoms with Crippen molar-refractivity contribution in [2.24, 2.45) is 10.8 Å². The summed E-state index contributed by atoms with van der Waals surface area (Å²) < 4.78 is 5.43. The topological polar surface area (TPSA) is 87.7 Å². The van der Waals surface area contributed by atoms with Gasteiger partial charge in [0.15, 0.2) is 11.6 Å². The van der Waals surface area contributed by atoms with Gasteiger partial charge in [0.1, 0.15) is 12.1 Å². The molecule has 232 valence electrons. The largest absolute Gasteiger partial charge is 0.445 e. The summed E-state index contributed by atoms with van der Waals surface area (Å²) in [6.07, 6.45) is 9.57. The zero-order chi connectivity index (χ0) is 31.2. The summed E-state index contributed by atoms with van der Waals surface area (Å²) in [5.74, 6) is 0.386. The van der Waals surface area contributed by atoms with Crippen molar-refractivity contribution in [1.82, 2.24) is 15.5 Å². The molecule has 1 saturated heterocycles. The maximum absolute atomic E-state index is 13.2. The van der Waals surface area contributed by atoms with Crippen LogP contribution in [-0.4, -0.2) is 64.4 Å². The van der Waals surface area contributed by atoms with Crippen LogP contribution in [0.5, 0.6) is 0 Å². The highest BCUT2D eigenvalue weighted by atomic mass is 16.6. The van der Waals surface area contributed by atoms with Crippen molar-refractivity contribution in [3.63, 3.8) is 0 Å². The highest BCUT2D eigenvalue weighted by molar-refractivity contribution is 5.95. The normalized spacial score (nSPS) is 17.9. The van der Waals surface area contributed by atoms with Crippen molar-refractivity contribution in [2.45, 2.75) is 151 Å². The predicted molar refractivity (Wildman–Crippen MR) is 166 cm³/mol. The van der Waals surface area contributed by atoms with E-state index in [2.05, 4.69) is 44.4 Å². The van der Waals surface area contributed by atoms with Gasteiger partial charge >= 0.3 is 6.09 Å². The number of hydrogen-bond donors (Lipinski definition) is 2. The highest BCUT2D eigenvalue weighted by Gasteiger charge is 2.55. The Hall–Kier alpha value is -1.73. The average molecular weight is 564 g/mol. The quantitative estimate of drug-likeness (QED) is 0.188. The monoisotopic (exact) mass is 563 g/mol. The molecule has 0 aromatic carbocycles. The molecule has 1 aliphatic heterocycles. The van der Waals surface area contributed by atoms with Crippen LogP contribution in [-0.2, 0) is 14.3 Å². The molecule has 1 amide bonds. The number of allylic oxidation sites excluding steroid dienone is 1. The van der Waals surface area contributed by atoms with Crippen molar-refractivity contribution < 1.29 is 19.1 Å². The maximum atomic E-state index is 13.2. The van der Waals surface area contributed by atoms with Crippen molar-refractivity contribution >= 4 is 17.7 Å². The number of hydrogen-bond acceptors (Lipinski definition) is 6. The second-order valence-electron chi connectivity index (χ2n) is 16.2. The Morgan fingerprint density at radius 2 is 1.30 bits per heavy atom. The molecule has 2 N–H and O–H groups in total. The molecule has 7 heteroatoms. The summed E-state index contributed by atoms with van der Waals surface area (Å²) in [5.41, 5.74) is -2.51. The fourth-order valence-electron chi connectivity index (χ4n) is 5.83. The van der Waals surface area contributed by atoms with Gasteiger partial charge in [-0.15, -0.1) is 0 Å². The number of carbonyl (C=O) groups excluding carboxylic acids is 3. The van der Waals surface area contributed by atoms with Crippen LogP contribution < -0.4 is 10.6 Å². The van der Waals surface area contributed by atoms with E-state index >= 15 is 0 Å². The average Bonchev–Trinajstić information content (AvgIpc) is 2.72. The van der Waals surface area contributed by atoms with Gasteiger partial charge in [0.2, 0.25) is 0 Å². The summed E-state index contributed by atoms with van der Waals surface area (Å²) in [4.78, 5) is 40.5. The lowest BCUT2D eigenvalue weighted by Crippen LogP contribution is -2.78. The van der Waals surface area contributed by atoms with E-state index in [9.17, 15) is 14.4 Å². The lowest BCUT2D eigenvalue weighted by Gasteiger charge is -2.53. The molecule has 1 aliphatic rings. The maximum Gasteiger partial charge on any atom is 0.410 e. The van der Waals surface area contributed by atoms with Crippen molar-refractivity contribution in [2.75, 3.05) is 19.7 Å². The van der Waals surface area contributed by atoms with Gasteiger partial charge in [0.25, 0.3) is 0 Å². The number of Topliss-reactive ketones (excluding diaryl/α,β-unsaturated/α-hetero) is 2. The summed E-state index contributed by atoms with van der Waals surface area (Å²) >= 11 is 0. The number of nitrogens with zero attached hydrogens (tertiary/aromatic N) is 1. The molecule has 1 atom stereocenters. The van der Waals surface area contributed by atoms with Crippen LogP contribution in [0.15, 0.2) is 12.2 Å².